The van der Waals surface area contributed by atoms with Gasteiger partial charge in [-0.05, 0) is 151 Å². The van der Waals surface area contributed by atoms with Gasteiger partial charge in [-0.3, -0.25) is 24.6 Å². The molecule has 3 amide bonds. The number of anilines is 1. The standard InChI is InChI=1S/C48H52FN5O4/c49-37-6-1-31(2-7-37)41-11-5-33-24-40(55)10-12-42(33)46(41)32-3-8-38(9-4-32)52-21-15-30(16-22-52)26-51-19-17-39(18-20-51)53-27-34-23-36-29-54(44-13-14-45(56)50-47(44)57)48(58)43(36)25-35(34)28-53/h1-4,6-10,12,23-25,30,39,41,44,46,55H,5,11,13-22,26-29H2,(H,50,56,57)/t41-,44?,46+/m1/s1. The van der Waals surface area contributed by atoms with Crippen LogP contribution in [0.5, 0.6) is 5.75 Å². The molecule has 0 radical (unpaired) electrons. The zero-order valence-corrected chi connectivity index (χ0v) is 33.0. The van der Waals surface area contributed by atoms with Crippen molar-refractivity contribution in [2.75, 3.05) is 37.6 Å². The van der Waals surface area contributed by atoms with E-state index < -0.39 is 6.04 Å². The number of carbonyl (C=O) groups excluding carboxylic acids is 3. The molecule has 3 fully saturated rings. The Labute approximate surface area is 339 Å². The molecule has 2 N–H and O–H groups in total. The molecule has 1 unspecified atom stereocenters. The van der Waals surface area contributed by atoms with E-state index >= 15 is 0 Å². The molecule has 300 valence electrons. The second-order valence-electron chi connectivity index (χ2n) is 17.7. The van der Waals surface area contributed by atoms with E-state index in [1.165, 1.54) is 52.9 Å². The fraction of sp³-hybridized carbons (Fsp3) is 0.438. The average molecular weight is 782 g/mol. The van der Waals surface area contributed by atoms with E-state index in [1.807, 2.05) is 18.2 Å². The van der Waals surface area contributed by atoms with Gasteiger partial charge >= 0.3 is 0 Å². The van der Waals surface area contributed by atoms with E-state index in [1.54, 1.807) is 23.1 Å². The number of aromatic hydroxyl groups is 1. The van der Waals surface area contributed by atoms with Crippen molar-refractivity contribution in [1.29, 1.82) is 0 Å². The first-order valence-corrected chi connectivity index (χ1v) is 21.4. The number of halogens is 1. The number of benzene rings is 4. The summed E-state index contributed by atoms with van der Waals surface area (Å²) in [4.78, 5) is 47.0. The van der Waals surface area contributed by atoms with Gasteiger partial charge in [0.1, 0.15) is 17.6 Å². The number of nitrogens with zero attached hydrogens (tertiary/aromatic N) is 4. The summed E-state index contributed by atoms with van der Waals surface area (Å²) in [6.45, 7) is 7.75. The lowest BCUT2D eigenvalue weighted by Crippen LogP contribution is -2.52. The second kappa shape index (κ2) is 15.3. The molecule has 3 saturated heterocycles. The van der Waals surface area contributed by atoms with E-state index in [4.69, 9.17) is 0 Å². The molecule has 58 heavy (non-hydrogen) atoms. The zero-order chi connectivity index (χ0) is 39.5. The lowest BCUT2D eigenvalue weighted by atomic mass is 9.69. The molecule has 4 aromatic carbocycles. The molecule has 3 atom stereocenters. The highest BCUT2D eigenvalue weighted by Crippen LogP contribution is 2.47. The highest BCUT2D eigenvalue weighted by atomic mass is 19.1. The van der Waals surface area contributed by atoms with Gasteiger partial charge in [0.05, 0.1) is 0 Å². The third-order valence-corrected chi connectivity index (χ3v) is 14.3. The number of piperidine rings is 3. The van der Waals surface area contributed by atoms with Crippen LogP contribution in [0.3, 0.4) is 0 Å². The summed E-state index contributed by atoms with van der Waals surface area (Å²) in [6.07, 6.45) is 7.21. The highest BCUT2D eigenvalue weighted by molar-refractivity contribution is 6.05. The first kappa shape index (κ1) is 37.2. The number of aryl methyl sites for hydroxylation is 1. The third-order valence-electron chi connectivity index (χ3n) is 14.3. The van der Waals surface area contributed by atoms with Crippen LogP contribution >= 0.6 is 0 Å². The Balaban J connectivity index is 0.712. The summed E-state index contributed by atoms with van der Waals surface area (Å²) in [5.74, 6) is 0.469. The normalized spacial score (nSPS) is 24.5. The number of phenols is 1. The molecule has 0 saturated carbocycles. The van der Waals surface area contributed by atoms with Crippen molar-refractivity contribution in [1.82, 2.24) is 20.0 Å². The summed E-state index contributed by atoms with van der Waals surface area (Å²) >= 11 is 0. The van der Waals surface area contributed by atoms with Crippen molar-refractivity contribution in [3.63, 3.8) is 0 Å². The van der Waals surface area contributed by atoms with Crippen LogP contribution in [0, 0.1) is 11.7 Å². The van der Waals surface area contributed by atoms with Crippen molar-refractivity contribution in [3.05, 3.63) is 129 Å². The highest BCUT2D eigenvalue weighted by Gasteiger charge is 2.41. The minimum atomic E-state index is -0.575. The van der Waals surface area contributed by atoms with Crippen LogP contribution in [0.1, 0.15) is 106 Å². The number of likely N-dealkylation sites (tertiary alicyclic amines) is 1. The lowest BCUT2D eigenvalue weighted by Gasteiger charge is -2.40. The Hall–Kier alpha value is -5.06. The molecule has 4 aromatic rings. The molecule has 6 aliphatic rings. The van der Waals surface area contributed by atoms with E-state index in [0.29, 0.717) is 36.2 Å². The second-order valence-corrected chi connectivity index (χ2v) is 17.7. The number of rotatable bonds is 7. The molecule has 0 spiro atoms. The molecule has 0 bridgehead atoms. The Kier molecular flexibility index (Phi) is 9.80. The van der Waals surface area contributed by atoms with Crippen molar-refractivity contribution >= 4 is 23.4 Å². The van der Waals surface area contributed by atoms with Gasteiger partial charge in [0.2, 0.25) is 11.8 Å². The topological polar surface area (TPSA) is 96.4 Å². The lowest BCUT2D eigenvalue weighted by molar-refractivity contribution is -0.136. The van der Waals surface area contributed by atoms with Gasteiger partial charge < -0.3 is 19.8 Å². The maximum Gasteiger partial charge on any atom is 0.255 e. The van der Waals surface area contributed by atoms with Crippen LogP contribution in [-0.2, 0) is 35.6 Å². The molecule has 5 aliphatic heterocycles. The maximum atomic E-state index is 13.9. The van der Waals surface area contributed by atoms with E-state index in [9.17, 15) is 23.9 Å². The van der Waals surface area contributed by atoms with Crippen molar-refractivity contribution in [3.8, 4) is 5.75 Å². The molecule has 9 nitrogen and oxygen atoms in total. The molecular formula is C48H52FN5O4. The van der Waals surface area contributed by atoms with Crippen LogP contribution in [0.15, 0.2) is 78.9 Å². The van der Waals surface area contributed by atoms with Crippen LogP contribution in [-0.4, -0.2) is 82.3 Å². The summed E-state index contributed by atoms with van der Waals surface area (Å²) in [6, 6.07) is 26.2. The number of fused-ring (bicyclic) bond motifs is 3. The average Bonchev–Trinajstić information content (AvgIpc) is 3.80. The molecule has 0 aromatic heterocycles. The first-order valence-electron chi connectivity index (χ1n) is 21.4. The van der Waals surface area contributed by atoms with E-state index in [-0.39, 0.29) is 41.8 Å². The Morgan fingerprint density at radius 3 is 2.16 bits per heavy atom. The summed E-state index contributed by atoms with van der Waals surface area (Å²) < 4.78 is 13.9. The quantitative estimate of drug-likeness (QED) is 0.198. The van der Waals surface area contributed by atoms with Gasteiger partial charge in [-0.2, -0.15) is 0 Å². The van der Waals surface area contributed by atoms with Gasteiger partial charge in [0, 0.05) is 68.9 Å². The molecule has 1 aliphatic carbocycles. The largest absolute Gasteiger partial charge is 0.508 e. The number of carbonyl (C=O) groups is 3. The number of imide groups is 1. The van der Waals surface area contributed by atoms with Gasteiger partial charge in [0.25, 0.3) is 5.91 Å². The first-order chi connectivity index (χ1) is 28.2. The molecular weight excluding hydrogens is 730 g/mol. The van der Waals surface area contributed by atoms with Crippen LogP contribution in [0.4, 0.5) is 10.1 Å². The summed E-state index contributed by atoms with van der Waals surface area (Å²) in [5.41, 5.74) is 10.4. The van der Waals surface area contributed by atoms with Crippen molar-refractivity contribution < 1.29 is 23.9 Å². The van der Waals surface area contributed by atoms with Crippen molar-refractivity contribution in [2.45, 2.75) is 94.9 Å². The van der Waals surface area contributed by atoms with Crippen LogP contribution in [0.25, 0.3) is 0 Å². The van der Waals surface area contributed by atoms with E-state index in [0.717, 1.165) is 76.1 Å². The summed E-state index contributed by atoms with van der Waals surface area (Å²) in [5, 5.41) is 12.6. The minimum Gasteiger partial charge on any atom is -0.508 e. The summed E-state index contributed by atoms with van der Waals surface area (Å²) in [7, 11) is 0. The number of phenolic OH excluding ortho intramolecular Hbond substituents is 1. The Morgan fingerprint density at radius 1 is 0.690 bits per heavy atom. The van der Waals surface area contributed by atoms with Crippen LogP contribution in [0.2, 0.25) is 0 Å². The molecule has 10 rings (SSSR count). The third kappa shape index (κ3) is 7.08. The Morgan fingerprint density at radius 2 is 1.41 bits per heavy atom. The smallest absolute Gasteiger partial charge is 0.255 e. The fourth-order valence-electron chi connectivity index (χ4n) is 11.1. The Bertz CT molecular complexity index is 2230. The van der Waals surface area contributed by atoms with Gasteiger partial charge in [-0.15, -0.1) is 0 Å². The monoisotopic (exact) mass is 781 g/mol. The van der Waals surface area contributed by atoms with Crippen LogP contribution < -0.4 is 10.2 Å². The van der Waals surface area contributed by atoms with E-state index in [2.05, 4.69) is 62.5 Å². The number of hydrogen-bond donors (Lipinski definition) is 2. The van der Waals surface area contributed by atoms with Gasteiger partial charge in [0.15, 0.2) is 0 Å². The minimum absolute atomic E-state index is 0.0928. The predicted molar refractivity (Wildman–Crippen MR) is 220 cm³/mol. The van der Waals surface area contributed by atoms with Crippen molar-refractivity contribution in [2.24, 2.45) is 5.92 Å². The molecule has 5 heterocycles. The van der Waals surface area contributed by atoms with Gasteiger partial charge in [-0.25, -0.2) is 4.39 Å². The fourth-order valence-corrected chi connectivity index (χ4v) is 11.1. The number of nitrogens with one attached hydrogen (secondary N) is 1. The van der Waals surface area contributed by atoms with Gasteiger partial charge in [-0.1, -0.05) is 36.4 Å². The number of hydrogen-bond acceptors (Lipinski definition) is 7. The predicted octanol–water partition coefficient (Wildman–Crippen LogP) is 6.85. The zero-order valence-electron chi connectivity index (χ0n) is 33.0. The SMILES string of the molecule is O=C1CCC(N2Cc3cc4c(cc3C2=O)CN(C2CCN(CC3CCN(c5ccc([C@@H]6c7ccc(O)cc7CC[C@@H]6c6ccc(F)cc6)cc5)CC3)CC2)C4)C(=O)N1. The maximum absolute atomic E-state index is 13.9. The number of amides is 3. The molecule has 10 heteroatoms.